The summed E-state index contributed by atoms with van der Waals surface area (Å²) in [5, 5.41) is 8.22. The number of hydrogen-bond donors (Lipinski definition) is 1. The zero-order chi connectivity index (χ0) is 17.4. The summed E-state index contributed by atoms with van der Waals surface area (Å²) in [6.45, 7) is 1.54. The number of carbonyl (C=O) groups is 1. The largest absolute Gasteiger partial charge is 0.353 e. The molecule has 2 fully saturated rings. The Bertz CT molecular complexity index is 762. The van der Waals surface area contributed by atoms with E-state index in [1.807, 2.05) is 4.90 Å². The fourth-order valence-corrected chi connectivity index (χ4v) is 3.55. The third kappa shape index (κ3) is 3.90. The number of halogens is 2. The molecule has 0 radical (unpaired) electrons. The molecule has 1 aromatic heterocycles. The van der Waals surface area contributed by atoms with Crippen LogP contribution in [-0.4, -0.2) is 35.2 Å². The lowest BCUT2D eigenvalue weighted by atomic mass is 10.1. The van der Waals surface area contributed by atoms with E-state index in [-0.39, 0.29) is 17.9 Å². The van der Waals surface area contributed by atoms with Gasteiger partial charge in [0, 0.05) is 40.7 Å². The van der Waals surface area contributed by atoms with Gasteiger partial charge in [0.1, 0.15) is 0 Å². The first-order valence-corrected chi connectivity index (χ1v) is 9.19. The van der Waals surface area contributed by atoms with Crippen LogP contribution in [0.1, 0.15) is 25.7 Å². The van der Waals surface area contributed by atoms with Crippen LogP contribution in [0, 0.1) is 5.92 Å². The molecule has 4 rings (SSSR count). The fraction of sp³-hybridized carbons (Fsp3) is 0.471. The summed E-state index contributed by atoms with van der Waals surface area (Å²) < 4.78 is 5.39. The van der Waals surface area contributed by atoms with Crippen molar-refractivity contribution in [2.75, 3.05) is 18.0 Å². The first kappa shape index (κ1) is 16.7. The SMILES string of the molecule is O=C(NC1CCN(c2nc(-c3cc(Cl)cc(Cl)c3)no2)CC1)C1CC1. The summed E-state index contributed by atoms with van der Waals surface area (Å²) in [5.74, 6) is 0.918. The van der Waals surface area contributed by atoms with Crippen LogP contribution in [0.4, 0.5) is 6.01 Å². The van der Waals surface area contributed by atoms with Crippen LogP contribution in [0.25, 0.3) is 11.4 Å². The molecular formula is C17H18Cl2N4O2. The van der Waals surface area contributed by atoms with Crippen LogP contribution in [0.3, 0.4) is 0 Å². The maximum absolute atomic E-state index is 11.9. The first-order chi connectivity index (χ1) is 12.1. The van der Waals surface area contributed by atoms with Crippen LogP contribution < -0.4 is 10.2 Å². The summed E-state index contributed by atoms with van der Waals surface area (Å²) in [4.78, 5) is 18.4. The van der Waals surface area contributed by atoms with Crippen molar-refractivity contribution in [3.63, 3.8) is 0 Å². The molecule has 0 bridgehead atoms. The van der Waals surface area contributed by atoms with Crippen molar-refractivity contribution in [2.24, 2.45) is 5.92 Å². The van der Waals surface area contributed by atoms with E-state index in [0.29, 0.717) is 21.9 Å². The molecule has 1 N–H and O–H groups in total. The monoisotopic (exact) mass is 380 g/mol. The highest BCUT2D eigenvalue weighted by molar-refractivity contribution is 6.35. The van der Waals surface area contributed by atoms with E-state index in [2.05, 4.69) is 15.5 Å². The third-order valence-electron chi connectivity index (χ3n) is 4.60. The maximum Gasteiger partial charge on any atom is 0.324 e. The Kier molecular flexibility index (Phi) is 4.56. The molecule has 2 aromatic rings. The minimum absolute atomic E-state index is 0.205. The zero-order valence-corrected chi connectivity index (χ0v) is 15.1. The molecule has 0 spiro atoms. The number of anilines is 1. The van der Waals surface area contributed by atoms with Crippen LogP contribution in [0.15, 0.2) is 22.7 Å². The Balaban J connectivity index is 1.38. The Morgan fingerprint density at radius 2 is 1.80 bits per heavy atom. The lowest BCUT2D eigenvalue weighted by molar-refractivity contribution is -0.123. The van der Waals surface area contributed by atoms with E-state index < -0.39 is 0 Å². The average Bonchev–Trinajstić information content (AvgIpc) is 3.32. The fourth-order valence-electron chi connectivity index (χ4n) is 3.02. The number of benzene rings is 1. The van der Waals surface area contributed by atoms with Gasteiger partial charge in [-0.25, -0.2) is 0 Å². The molecule has 1 aromatic carbocycles. The lowest BCUT2D eigenvalue weighted by Crippen LogP contribution is -2.45. The Hall–Kier alpha value is -1.79. The zero-order valence-electron chi connectivity index (χ0n) is 13.5. The lowest BCUT2D eigenvalue weighted by Gasteiger charge is -2.30. The average molecular weight is 381 g/mol. The highest BCUT2D eigenvalue weighted by atomic mass is 35.5. The number of rotatable bonds is 4. The molecular weight excluding hydrogens is 363 g/mol. The molecule has 1 aliphatic carbocycles. The molecule has 2 heterocycles. The summed E-state index contributed by atoms with van der Waals surface area (Å²) in [6, 6.07) is 5.88. The second-order valence-electron chi connectivity index (χ2n) is 6.60. The molecule has 2 aliphatic rings. The molecule has 0 unspecified atom stereocenters. The van der Waals surface area contributed by atoms with Crippen molar-refractivity contribution in [1.29, 1.82) is 0 Å². The standard InChI is InChI=1S/C17H18Cl2N4O2/c18-12-7-11(8-13(19)9-12)15-21-17(25-22-15)23-5-3-14(4-6-23)20-16(24)10-1-2-10/h7-10,14H,1-6H2,(H,20,24). The Morgan fingerprint density at radius 1 is 1.12 bits per heavy atom. The topological polar surface area (TPSA) is 71.3 Å². The van der Waals surface area contributed by atoms with E-state index >= 15 is 0 Å². The van der Waals surface area contributed by atoms with Gasteiger partial charge in [-0.05, 0) is 43.9 Å². The van der Waals surface area contributed by atoms with Crippen molar-refractivity contribution < 1.29 is 9.32 Å². The third-order valence-corrected chi connectivity index (χ3v) is 5.03. The van der Waals surface area contributed by atoms with Gasteiger partial charge in [-0.15, -0.1) is 0 Å². The molecule has 1 saturated heterocycles. The molecule has 6 nitrogen and oxygen atoms in total. The van der Waals surface area contributed by atoms with Crippen molar-refractivity contribution in [3.8, 4) is 11.4 Å². The molecule has 1 saturated carbocycles. The number of nitrogens with zero attached hydrogens (tertiary/aromatic N) is 3. The van der Waals surface area contributed by atoms with E-state index in [0.717, 1.165) is 44.3 Å². The number of amides is 1. The van der Waals surface area contributed by atoms with Crippen molar-refractivity contribution >= 4 is 35.1 Å². The number of piperidine rings is 1. The maximum atomic E-state index is 11.9. The Morgan fingerprint density at radius 3 is 2.44 bits per heavy atom. The molecule has 0 atom stereocenters. The second-order valence-corrected chi connectivity index (χ2v) is 7.48. The first-order valence-electron chi connectivity index (χ1n) is 8.44. The highest BCUT2D eigenvalue weighted by Gasteiger charge is 2.32. The van der Waals surface area contributed by atoms with Gasteiger partial charge in [-0.1, -0.05) is 28.4 Å². The Labute approximate surface area is 155 Å². The van der Waals surface area contributed by atoms with Gasteiger partial charge < -0.3 is 14.7 Å². The van der Waals surface area contributed by atoms with Gasteiger partial charge in [-0.2, -0.15) is 4.98 Å². The normalized spacial score (nSPS) is 18.4. The second kappa shape index (κ2) is 6.84. The van der Waals surface area contributed by atoms with E-state index in [1.165, 1.54) is 0 Å². The predicted octanol–water partition coefficient (Wildman–Crippen LogP) is 3.54. The van der Waals surface area contributed by atoms with Crippen LogP contribution >= 0.6 is 23.2 Å². The van der Waals surface area contributed by atoms with Crippen LogP contribution in [0.5, 0.6) is 0 Å². The van der Waals surface area contributed by atoms with Gasteiger partial charge in [0.2, 0.25) is 11.7 Å². The van der Waals surface area contributed by atoms with Gasteiger partial charge >= 0.3 is 6.01 Å². The summed E-state index contributed by atoms with van der Waals surface area (Å²) >= 11 is 12.0. The van der Waals surface area contributed by atoms with E-state index in [4.69, 9.17) is 27.7 Å². The summed E-state index contributed by atoms with van der Waals surface area (Å²) in [6.07, 6.45) is 3.81. The van der Waals surface area contributed by atoms with Crippen LogP contribution in [-0.2, 0) is 4.79 Å². The van der Waals surface area contributed by atoms with E-state index in [1.54, 1.807) is 18.2 Å². The van der Waals surface area contributed by atoms with Gasteiger partial charge in [-0.3, -0.25) is 4.79 Å². The number of hydrogen-bond acceptors (Lipinski definition) is 5. The highest BCUT2D eigenvalue weighted by Crippen LogP contribution is 2.30. The van der Waals surface area contributed by atoms with Gasteiger partial charge in [0.25, 0.3) is 0 Å². The van der Waals surface area contributed by atoms with Crippen molar-refractivity contribution in [1.82, 2.24) is 15.5 Å². The number of carbonyl (C=O) groups excluding carboxylic acids is 1. The molecule has 1 amide bonds. The molecule has 8 heteroatoms. The minimum atomic E-state index is 0.205. The molecule has 132 valence electrons. The molecule has 25 heavy (non-hydrogen) atoms. The number of aromatic nitrogens is 2. The predicted molar refractivity (Wildman–Crippen MR) is 95.9 cm³/mol. The van der Waals surface area contributed by atoms with Gasteiger partial charge in [0.15, 0.2) is 0 Å². The smallest absolute Gasteiger partial charge is 0.324 e. The summed E-state index contributed by atoms with van der Waals surface area (Å²) in [7, 11) is 0. The van der Waals surface area contributed by atoms with E-state index in [9.17, 15) is 4.79 Å². The van der Waals surface area contributed by atoms with Crippen LogP contribution in [0.2, 0.25) is 10.0 Å². The number of nitrogens with one attached hydrogen (secondary N) is 1. The quantitative estimate of drug-likeness (QED) is 0.877. The van der Waals surface area contributed by atoms with Crippen molar-refractivity contribution in [2.45, 2.75) is 31.7 Å². The summed E-state index contributed by atoms with van der Waals surface area (Å²) in [5.41, 5.74) is 0.721. The minimum Gasteiger partial charge on any atom is -0.353 e. The van der Waals surface area contributed by atoms with Crippen molar-refractivity contribution in [3.05, 3.63) is 28.2 Å². The van der Waals surface area contributed by atoms with Gasteiger partial charge in [0.05, 0.1) is 0 Å². The molecule has 1 aliphatic heterocycles.